The van der Waals surface area contributed by atoms with Gasteiger partial charge < -0.3 is 0 Å². The van der Waals surface area contributed by atoms with Crippen molar-refractivity contribution in [1.82, 2.24) is 4.98 Å². The number of nitrogens with zero attached hydrogens (tertiary/aromatic N) is 2. The number of rotatable bonds is 2. The van der Waals surface area contributed by atoms with Crippen molar-refractivity contribution in [2.45, 2.75) is 0 Å². The first-order valence-corrected chi connectivity index (χ1v) is 3.93. The van der Waals surface area contributed by atoms with Gasteiger partial charge in [0, 0.05) is 6.07 Å². The minimum atomic E-state index is -4.45. The average molecular weight is 177 g/mol. The monoisotopic (exact) mass is 177 g/mol. The van der Waals surface area contributed by atoms with Gasteiger partial charge in [-0.3, -0.25) is 4.55 Å². The predicted octanol–water partition coefficient (Wildman–Crippen LogP) is -1.40. The Morgan fingerprint density at radius 1 is 1.55 bits per heavy atom. The van der Waals surface area contributed by atoms with Crippen LogP contribution in [-0.4, -0.2) is 18.0 Å². The zero-order valence-corrected chi connectivity index (χ0v) is 6.10. The standard InChI is InChI=1S/C4H4N2O4S/c7-11(8,9)10-6-3-1-2-5-4-6/h1-4H/p+1. The van der Waals surface area contributed by atoms with Crippen LogP contribution in [0.4, 0.5) is 0 Å². The molecule has 0 bridgehead atoms. The van der Waals surface area contributed by atoms with Gasteiger partial charge in [-0.05, 0) is 4.73 Å². The first-order valence-electron chi connectivity index (χ1n) is 2.56. The van der Waals surface area contributed by atoms with E-state index < -0.39 is 10.4 Å². The maximum Gasteiger partial charge on any atom is 0.481 e. The molecule has 0 aliphatic carbocycles. The largest absolute Gasteiger partial charge is 0.481 e. The van der Waals surface area contributed by atoms with Gasteiger partial charge in [-0.25, -0.2) is 0 Å². The van der Waals surface area contributed by atoms with E-state index in [1.807, 2.05) is 0 Å². The highest BCUT2D eigenvalue weighted by Crippen LogP contribution is 1.73. The zero-order chi connectivity index (χ0) is 8.32. The maximum absolute atomic E-state index is 10.1. The van der Waals surface area contributed by atoms with Gasteiger partial charge in [0.2, 0.25) is 0 Å². The molecule has 0 atom stereocenters. The molecule has 0 saturated carbocycles. The Labute approximate surface area is 63.0 Å². The second kappa shape index (κ2) is 2.81. The highest BCUT2D eigenvalue weighted by atomic mass is 32.3. The lowest BCUT2D eigenvalue weighted by Gasteiger charge is -1.92. The van der Waals surface area contributed by atoms with E-state index in [4.69, 9.17) is 4.55 Å². The van der Waals surface area contributed by atoms with Crippen molar-refractivity contribution in [3.8, 4) is 0 Å². The molecule has 1 aromatic heterocycles. The number of aromatic nitrogens is 2. The molecule has 0 aromatic carbocycles. The van der Waals surface area contributed by atoms with Crippen molar-refractivity contribution in [2.24, 2.45) is 0 Å². The van der Waals surface area contributed by atoms with E-state index in [2.05, 4.69) is 9.27 Å². The fourth-order valence-corrected chi connectivity index (χ4v) is 0.774. The van der Waals surface area contributed by atoms with E-state index in [0.29, 0.717) is 0 Å². The number of hydrogen-bond acceptors (Lipinski definition) is 4. The Kier molecular flexibility index (Phi) is 2.01. The van der Waals surface area contributed by atoms with Crippen molar-refractivity contribution in [2.75, 3.05) is 0 Å². The van der Waals surface area contributed by atoms with E-state index in [1.54, 1.807) is 0 Å². The summed E-state index contributed by atoms with van der Waals surface area (Å²) < 4.78 is 33.1. The van der Waals surface area contributed by atoms with E-state index in [0.717, 1.165) is 11.1 Å². The van der Waals surface area contributed by atoms with Gasteiger partial charge in [0.15, 0.2) is 0 Å². The third-order valence-electron chi connectivity index (χ3n) is 0.766. The molecule has 60 valence electrons. The molecule has 6 nitrogen and oxygen atoms in total. The van der Waals surface area contributed by atoms with Crippen LogP contribution in [-0.2, 0) is 10.4 Å². The molecule has 1 heterocycles. The van der Waals surface area contributed by atoms with E-state index >= 15 is 0 Å². The van der Waals surface area contributed by atoms with Crippen LogP contribution in [0.1, 0.15) is 0 Å². The normalized spacial score (nSPS) is 11.0. The third-order valence-corrected chi connectivity index (χ3v) is 1.13. The molecule has 7 heteroatoms. The van der Waals surface area contributed by atoms with Crippen LogP contribution in [0.3, 0.4) is 0 Å². The lowest BCUT2D eigenvalue weighted by molar-refractivity contribution is -0.859. The van der Waals surface area contributed by atoms with Crippen molar-refractivity contribution in [3.05, 3.63) is 24.8 Å². The van der Waals surface area contributed by atoms with Crippen molar-refractivity contribution in [3.63, 3.8) is 0 Å². The van der Waals surface area contributed by atoms with Crippen LogP contribution in [0.2, 0.25) is 0 Å². The molecule has 1 aromatic rings. The quantitative estimate of drug-likeness (QED) is 0.444. The molecule has 0 spiro atoms. The lowest BCUT2D eigenvalue weighted by Crippen LogP contribution is -2.45. The molecule has 1 rings (SSSR count). The van der Waals surface area contributed by atoms with Gasteiger partial charge in [0.05, 0.1) is 0 Å². The van der Waals surface area contributed by atoms with E-state index in [9.17, 15) is 8.42 Å². The Balaban J connectivity index is 2.82. The minimum absolute atomic E-state index is 0.759. The van der Waals surface area contributed by atoms with Crippen LogP contribution in [0.25, 0.3) is 0 Å². The highest BCUT2D eigenvalue weighted by molar-refractivity contribution is 7.80. The van der Waals surface area contributed by atoms with Gasteiger partial charge in [-0.2, -0.15) is 12.7 Å². The molecule has 0 saturated heterocycles. The summed E-state index contributed by atoms with van der Waals surface area (Å²) in [4.78, 5) is 3.53. The van der Waals surface area contributed by atoms with Crippen LogP contribution in [0.15, 0.2) is 24.8 Å². The van der Waals surface area contributed by atoms with Gasteiger partial charge in [0.25, 0.3) is 0 Å². The first-order chi connectivity index (χ1) is 5.08. The Morgan fingerprint density at radius 2 is 2.27 bits per heavy atom. The summed E-state index contributed by atoms with van der Waals surface area (Å²) in [5.41, 5.74) is 0. The molecule has 0 aliphatic heterocycles. The van der Waals surface area contributed by atoms with Crippen molar-refractivity contribution < 1.29 is 22.0 Å². The summed E-state index contributed by atoms with van der Waals surface area (Å²) >= 11 is 0. The fourth-order valence-electron chi connectivity index (χ4n) is 0.469. The van der Waals surface area contributed by atoms with Gasteiger partial charge in [0.1, 0.15) is 12.4 Å². The Hall–Kier alpha value is -1.21. The van der Waals surface area contributed by atoms with Crippen LogP contribution >= 0.6 is 0 Å². The number of hydrogen-bond donors (Lipinski definition) is 1. The van der Waals surface area contributed by atoms with Crippen LogP contribution < -0.4 is 9.01 Å². The highest BCUT2D eigenvalue weighted by Gasteiger charge is 2.09. The second-order valence-corrected chi connectivity index (χ2v) is 2.62. The summed E-state index contributed by atoms with van der Waals surface area (Å²) in [5, 5.41) is 0. The molecule has 1 N–H and O–H groups in total. The molecule has 0 unspecified atom stereocenters. The zero-order valence-electron chi connectivity index (χ0n) is 5.28. The van der Waals surface area contributed by atoms with Crippen molar-refractivity contribution >= 4 is 10.4 Å². The van der Waals surface area contributed by atoms with Crippen molar-refractivity contribution in [1.29, 1.82) is 0 Å². The summed E-state index contributed by atoms with van der Waals surface area (Å²) in [7, 11) is -4.45. The smallest absolute Gasteiger partial charge is 0.251 e. The van der Waals surface area contributed by atoms with Crippen LogP contribution in [0.5, 0.6) is 0 Å². The lowest BCUT2D eigenvalue weighted by atomic mass is 10.7. The second-order valence-electron chi connectivity index (χ2n) is 1.62. The van der Waals surface area contributed by atoms with Gasteiger partial charge in [-0.1, -0.05) is 4.98 Å². The van der Waals surface area contributed by atoms with Crippen LogP contribution in [0, 0.1) is 0 Å². The molecule has 0 radical (unpaired) electrons. The maximum atomic E-state index is 10.1. The molecule has 0 aliphatic rings. The topological polar surface area (TPSA) is 80.4 Å². The fraction of sp³-hybridized carbons (Fsp3) is 0. The van der Waals surface area contributed by atoms with E-state index in [-0.39, 0.29) is 0 Å². The molecule has 11 heavy (non-hydrogen) atoms. The average Bonchev–Trinajstić information content (AvgIpc) is 1.85. The SMILES string of the molecule is O=S(=O)(O)O[n+]1cccnc1. The third kappa shape index (κ3) is 2.92. The Morgan fingerprint density at radius 3 is 2.73 bits per heavy atom. The molecular formula is C4H5N2O4S+. The molecular weight excluding hydrogens is 172 g/mol. The molecule has 0 amide bonds. The van der Waals surface area contributed by atoms with Gasteiger partial charge >= 0.3 is 16.7 Å². The summed E-state index contributed by atoms with van der Waals surface area (Å²) in [5.74, 6) is 0. The van der Waals surface area contributed by atoms with E-state index in [1.165, 1.54) is 18.5 Å². The summed E-state index contributed by atoms with van der Waals surface area (Å²) in [6, 6.07) is 1.45. The predicted molar refractivity (Wildman–Crippen MR) is 32.6 cm³/mol. The first kappa shape index (κ1) is 7.89. The minimum Gasteiger partial charge on any atom is -0.251 e. The summed E-state index contributed by atoms with van der Waals surface area (Å²) in [6.45, 7) is 0. The Bertz CT molecular complexity index is 321. The van der Waals surface area contributed by atoms with Gasteiger partial charge in [-0.15, -0.1) is 0 Å². The molecule has 0 fully saturated rings. The summed E-state index contributed by atoms with van der Waals surface area (Å²) in [6.07, 6.45) is 3.80.